The van der Waals surface area contributed by atoms with Crippen LogP contribution < -0.4 is 5.32 Å². The average Bonchev–Trinajstić information content (AvgIpc) is 3.22. The number of carbonyl (C=O) groups excluding carboxylic acids is 1. The first-order valence-corrected chi connectivity index (χ1v) is 10.1. The molecule has 3 aromatic rings. The molecule has 0 aliphatic carbocycles. The Bertz CT molecular complexity index is 880. The molecular formula is C24H27N3O. The number of hydrogen-bond donors (Lipinski definition) is 2. The Morgan fingerprint density at radius 1 is 1.00 bits per heavy atom. The van der Waals surface area contributed by atoms with E-state index in [1.54, 1.807) is 0 Å². The minimum absolute atomic E-state index is 0.0790. The van der Waals surface area contributed by atoms with E-state index < -0.39 is 0 Å². The summed E-state index contributed by atoms with van der Waals surface area (Å²) in [6.45, 7) is 3.39. The van der Waals surface area contributed by atoms with Gasteiger partial charge in [-0.3, -0.25) is 4.79 Å². The van der Waals surface area contributed by atoms with Crippen LogP contribution in [0.3, 0.4) is 0 Å². The van der Waals surface area contributed by atoms with E-state index in [9.17, 15) is 4.79 Å². The molecule has 2 heterocycles. The van der Waals surface area contributed by atoms with E-state index in [1.807, 2.05) is 36.5 Å². The Balaban J connectivity index is 1.26. The predicted octanol–water partition coefficient (Wildman–Crippen LogP) is 4.69. The van der Waals surface area contributed by atoms with E-state index in [-0.39, 0.29) is 5.91 Å². The summed E-state index contributed by atoms with van der Waals surface area (Å²) in [5.41, 5.74) is 3.38. The number of aromatic nitrogens is 1. The van der Waals surface area contributed by atoms with Gasteiger partial charge in [0.15, 0.2) is 0 Å². The first-order chi connectivity index (χ1) is 13.8. The lowest BCUT2D eigenvalue weighted by Gasteiger charge is -2.31. The molecule has 1 aromatic heterocycles. The van der Waals surface area contributed by atoms with Crippen LogP contribution in [0.25, 0.3) is 0 Å². The number of piperidine rings is 1. The molecule has 1 amide bonds. The summed E-state index contributed by atoms with van der Waals surface area (Å²) < 4.78 is 0. The molecule has 144 valence electrons. The highest BCUT2D eigenvalue weighted by molar-refractivity contribution is 6.03. The standard InChI is InChI=1S/C24H27N3O/c28-24(21-9-5-2-6-10-21)26-23-17-22(18-25-23)20-12-15-27(16-13-20)14-11-19-7-3-1-4-8-19/h1-10,17-18,20,25H,11-16H2,(H,26,28). The average molecular weight is 374 g/mol. The third kappa shape index (κ3) is 4.70. The second-order valence-electron chi connectivity index (χ2n) is 7.52. The fraction of sp³-hybridized carbons (Fsp3) is 0.292. The SMILES string of the molecule is O=C(Nc1cc(C2CCN(CCc3ccccc3)CC2)c[nH]1)c1ccccc1. The fourth-order valence-corrected chi connectivity index (χ4v) is 3.92. The van der Waals surface area contributed by atoms with Crippen LogP contribution in [0.15, 0.2) is 72.9 Å². The highest BCUT2D eigenvalue weighted by Gasteiger charge is 2.21. The Morgan fingerprint density at radius 2 is 1.68 bits per heavy atom. The Kier molecular flexibility index (Phi) is 5.88. The van der Waals surface area contributed by atoms with Crippen molar-refractivity contribution in [1.29, 1.82) is 0 Å². The van der Waals surface area contributed by atoms with Gasteiger partial charge in [-0.25, -0.2) is 0 Å². The minimum Gasteiger partial charge on any atom is -0.348 e. The molecule has 28 heavy (non-hydrogen) atoms. The topological polar surface area (TPSA) is 48.1 Å². The summed E-state index contributed by atoms with van der Waals surface area (Å²) in [5, 5.41) is 2.96. The number of amides is 1. The molecule has 1 saturated heterocycles. The zero-order valence-electron chi connectivity index (χ0n) is 16.1. The number of rotatable bonds is 6. The molecule has 1 fully saturated rings. The molecule has 1 aliphatic rings. The molecule has 2 N–H and O–H groups in total. The Hall–Kier alpha value is -2.85. The number of anilines is 1. The van der Waals surface area contributed by atoms with Crippen molar-refractivity contribution in [3.8, 4) is 0 Å². The largest absolute Gasteiger partial charge is 0.348 e. The normalized spacial score (nSPS) is 15.4. The van der Waals surface area contributed by atoms with Crippen LogP contribution in [0.1, 0.15) is 40.2 Å². The van der Waals surface area contributed by atoms with Crippen molar-refractivity contribution in [3.63, 3.8) is 0 Å². The monoisotopic (exact) mass is 373 g/mol. The maximum Gasteiger partial charge on any atom is 0.256 e. The number of carbonyl (C=O) groups is 1. The fourth-order valence-electron chi connectivity index (χ4n) is 3.92. The van der Waals surface area contributed by atoms with Crippen molar-refractivity contribution in [2.75, 3.05) is 25.0 Å². The number of H-pyrrole nitrogens is 1. The van der Waals surface area contributed by atoms with Crippen LogP contribution in [0.5, 0.6) is 0 Å². The van der Waals surface area contributed by atoms with Crippen molar-refractivity contribution in [2.24, 2.45) is 0 Å². The lowest BCUT2D eigenvalue weighted by atomic mass is 9.91. The molecule has 0 spiro atoms. The maximum absolute atomic E-state index is 12.3. The number of nitrogens with one attached hydrogen (secondary N) is 2. The van der Waals surface area contributed by atoms with E-state index in [2.05, 4.69) is 51.6 Å². The first kappa shape index (κ1) is 18.5. The lowest BCUT2D eigenvalue weighted by molar-refractivity contribution is 0.102. The molecule has 4 rings (SSSR count). The van der Waals surface area contributed by atoms with Crippen LogP contribution >= 0.6 is 0 Å². The summed E-state index contributed by atoms with van der Waals surface area (Å²) in [5.74, 6) is 1.26. The lowest BCUT2D eigenvalue weighted by Crippen LogP contribution is -2.34. The van der Waals surface area contributed by atoms with Gasteiger partial charge in [0.25, 0.3) is 5.91 Å². The smallest absolute Gasteiger partial charge is 0.256 e. The third-order valence-corrected chi connectivity index (χ3v) is 5.61. The Labute approximate surface area is 166 Å². The van der Waals surface area contributed by atoms with E-state index in [4.69, 9.17) is 0 Å². The van der Waals surface area contributed by atoms with Crippen LogP contribution in [-0.4, -0.2) is 35.4 Å². The molecule has 4 nitrogen and oxygen atoms in total. The summed E-state index contributed by atoms with van der Waals surface area (Å²) in [7, 11) is 0. The number of likely N-dealkylation sites (tertiary alicyclic amines) is 1. The molecule has 0 saturated carbocycles. The number of nitrogens with zero attached hydrogens (tertiary/aromatic N) is 1. The van der Waals surface area contributed by atoms with Crippen LogP contribution in [0.2, 0.25) is 0 Å². The summed E-state index contributed by atoms with van der Waals surface area (Å²) >= 11 is 0. The zero-order chi connectivity index (χ0) is 19.2. The van der Waals surface area contributed by atoms with Gasteiger partial charge in [0.05, 0.1) is 0 Å². The van der Waals surface area contributed by atoms with E-state index >= 15 is 0 Å². The molecule has 0 radical (unpaired) electrons. The predicted molar refractivity (Wildman–Crippen MR) is 114 cm³/mol. The Morgan fingerprint density at radius 3 is 2.39 bits per heavy atom. The van der Waals surface area contributed by atoms with Gasteiger partial charge in [-0.1, -0.05) is 48.5 Å². The van der Waals surface area contributed by atoms with Gasteiger partial charge in [-0.05, 0) is 67.6 Å². The highest BCUT2D eigenvalue weighted by atomic mass is 16.1. The minimum atomic E-state index is -0.0790. The van der Waals surface area contributed by atoms with Gasteiger partial charge in [-0.2, -0.15) is 0 Å². The van der Waals surface area contributed by atoms with Crippen LogP contribution in [0.4, 0.5) is 5.82 Å². The number of aromatic amines is 1. The van der Waals surface area contributed by atoms with E-state index in [0.29, 0.717) is 11.5 Å². The maximum atomic E-state index is 12.3. The van der Waals surface area contributed by atoms with Gasteiger partial charge in [0.1, 0.15) is 5.82 Å². The van der Waals surface area contributed by atoms with Crippen molar-refractivity contribution in [3.05, 3.63) is 89.6 Å². The summed E-state index contributed by atoms with van der Waals surface area (Å²) in [4.78, 5) is 18.1. The van der Waals surface area contributed by atoms with Crippen LogP contribution in [0, 0.1) is 0 Å². The van der Waals surface area contributed by atoms with E-state index in [0.717, 1.165) is 31.9 Å². The van der Waals surface area contributed by atoms with E-state index in [1.165, 1.54) is 24.0 Å². The van der Waals surface area contributed by atoms with Gasteiger partial charge in [0, 0.05) is 18.3 Å². The molecule has 2 aromatic carbocycles. The van der Waals surface area contributed by atoms with Crippen molar-refractivity contribution < 1.29 is 4.79 Å². The first-order valence-electron chi connectivity index (χ1n) is 10.1. The third-order valence-electron chi connectivity index (χ3n) is 5.61. The van der Waals surface area contributed by atoms with Gasteiger partial charge in [0.2, 0.25) is 0 Å². The zero-order valence-corrected chi connectivity index (χ0v) is 16.1. The van der Waals surface area contributed by atoms with Crippen LogP contribution in [-0.2, 0) is 6.42 Å². The second kappa shape index (κ2) is 8.89. The molecule has 0 unspecified atom stereocenters. The van der Waals surface area contributed by atoms with Gasteiger partial charge in [-0.15, -0.1) is 0 Å². The highest BCUT2D eigenvalue weighted by Crippen LogP contribution is 2.29. The van der Waals surface area contributed by atoms with Crippen molar-refractivity contribution in [2.45, 2.75) is 25.2 Å². The van der Waals surface area contributed by atoms with Gasteiger partial charge < -0.3 is 15.2 Å². The molecular weight excluding hydrogens is 346 g/mol. The number of benzene rings is 2. The second-order valence-corrected chi connectivity index (χ2v) is 7.52. The summed E-state index contributed by atoms with van der Waals surface area (Å²) in [6, 6.07) is 22.1. The molecule has 1 aliphatic heterocycles. The summed E-state index contributed by atoms with van der Waals surface area (Å²) in [6.07, 6.45) is 5.49. The molecule has 0 atom stereocenters. The molecule has 0 bridgehead atoms. The quantitative estimate of drug-likeness (QED) is 0.658. The van der Waals surface area contributed by atoms with Crippen molar-refractivity contribution >= 4 is 11.7 Å². The van der Waals surface area contributed by atoms with Crippen molar-refractivity contribution in [1.82, 2.24) is 9.88 Å². The number of hydrogen-bond acceptors (Lipinski definition) is 2. The molecule has 4 heteroatoms. The van der Waals surface area contributed by atoms with Gasteiger partial charge >= 0.3 is 0 Å².